The Kier molecular flexibility index (Phi) is 1.27. The molecule has 0 spiro atoms. The number of thioether (sulfide) groups is 1. The van der Waals surface area contributed by atoms with Crippen molar-refractivity contribution in [1.82, 2.24) is 4.67 Å². The first kappa shape index (κ1) is 5.75. The minimum absolute atomic E-state index is 1.00. The highest BCUT2D eigenvalue weighted by atomic mass is 32.2. The third-order valence-corrected chi connectivity index (χ3v) is 3.67. The summed E-state index contributed by atoms with van der Waals surface area (Å²) in [6.07, 6.45) is 0. The largest absolute Gasteiger partial charge is 0.301 e. The molecule has 0 aromatic carbocycles. The zero-order valence-corrected chi connectivity index (χ0v) is 6.88. The van der Waals surface area contributed by atoms with E-state index in [9.17, 15) is 0 Å². The van der Waals surface area contributed by atoms with Gasteiger partial charge in [-0.05, 0) is 18.7 Å². The summed E-state index contributed by atoms with van der Waals surface area (Å²) in [4.78, 5) is 4.33. The zero-order valence-electron chi connectivity index (χ0n) is 5.16. The second-order valence-corrected chi connectivity index (χ2v) is 4.85. The molecule has 2 nitrogen and oxygen atoms in total. The van der Waals surface area contributed by atoms with Crippen LogP contribution in [0.5, 0.6) is 0 Å². The van der Waals surface area contributed by atoms with Crippen molar-refractivity contribution in [1.29, 1.82) is 0 Å². The Morgan fingerprint density at radius 3 is 3.44 bits per heavy atom. The van der Waals surface area contributed by atoms with Crippen LogP contribution < -0.4 is 0 Å². The first-order chi connectivity index (χ1) is 4.36. The van der Waals surface area contributed by atoms with Gasteiger partial charge in [-0.3, -0.25) is 4.99 Å². The molecule has 4 heteroatoms. The minimum Gasteiger partial charge on any atom is -0.301 e. The molecule has 48 valence electrons. The molecule has 2 heterocycles. The van der Waals surface area contributed by atoms with Crippen LogP contribution in [0.4, 0.5) is 0 Å². The van der Waals surface area contributed by atoms with Gasteiger partial charge in [0.05, 0.1) is 6.54 Å². The normalized spacial score (nSPS) is 25.7. The Balaban J connectivity index is 2.26. The monoisotopic (exact) mass is 158 g/mol. The van der Waals surface area contributed by atoms with E-state index >= 15 is 0 Å². The van der Waals surface area contributed by atoms with Crippen LogP contribution in [0.3, 0.4) is 0 Å². The summed E-state index contributed by atoms with van der Waals surface area (Å²) in [5, 5.41) is 1.23. The van der Waals surface area contributed by atoms with Crippen LogP contribution in [0.2, 0.25) is 0 Å². The van der Waals surface area contributed by atoms with Crippen molar-refractivity contribution in [3.63, 3.8) is 0 Å². The van der Waals surface area contributed by atoms with Gasteiger partial charge in [0.25, 0.3) is 0 Å². The van der Waals surface area contributed by atoms with Crippen molar-refractivity contribution in [2.24, 2.45) is 4.99 Å². The third-order valence-electron chi connectivity index (χ3n) is 1.28. The van der Waals surface area contributed by atoms with E-state index in [1.807, 2.05) is 11.8 Å². The molecule has 0 N–H and O–H groups in total. The van der Waals surface area contributed by atoms with Gasteiger partial charge in [-0.2, -0.15) is 0 Å². The fourth-order valence-corrected chi connectivity index (χ4v) is 3.16. The van der Waals surface area contributed by atoms with E-state index in [2.05, 4.69) is 16.6 Å². The standard InChI is InChI=1S/C5H7N2PS/c1-4-8-7-3-2-6-5(7)9-4/h2-3H2,1H3. The van der Waals surface area contributed by atoms with E-state index in [0.29, 0.717) is 0 Å². The molecule has 0 bridgehead atoms. The maximum absolute atomic E-state index is 4.33. The quantitative estimate of drug-likeness (QED) is 0.495. The number of rotatable bonds is 0. The summed E-state index contributed by atoms with van der Waals surface area (Å²) in [7, 11) is 1.36. The second-order valence-electron chi connectivity index (χ2n) is 2.01. The second kappa shape index (κ2) is 1.99. The number of hydrogen-bond acceptors (Lipinski definition) is 3. The van der Waals surface area contributed by atoms with Gasteiger partial charge in [0.15, 0.2) is 5.17 Å². The maximum atomic E-state index is 4.33. The highest BCUT2D eigenvalue weighted by Crippen LogP contribution is 2.32. The molecule has 0 aromatic rings. The first-order valence-electron chi connectivity index (χ1n) is 2.91. The number of amidine groups is 1. The lowest BCUT2D eigenvalue weighted by Gasteiger charge is -2.02. The molecule has 0 saturated heterocycles. The molecule has 2 aliphatic rings. The van der Waals surface area contributed by atoms with Crippen LogP contribution in [0.25, 0.3) is 0 Å². The third kappa shape index (κ3) is 0.886. The van der Waals surface area contributed by atoms with E-state index in [-0.39, 0.29) is 0 Å². The molecule has 0 aromatic heterocycles. The van der Waals surface area contributed by atoms with E-state index in [1.54, 1.807) is 0 Å². The molecule has 0 aliphatic carbocycles. The molecule has 0 fully saturated rings. The van der Waals surface area contributed by atoms with Crippen LogP contribution in [-0.2, 0) is 0 Å². The zero-order chi connectivity index (χ0) is 6.27. The van der Waals surface area contributed by atoms with E-state index < -0.39 is 0 Å². The van der Waals surface area contributed by atoms with Crippen molar-refractivity contribution in [2.75, 3.05) is 13.1 Å². The van der Waals surface area contributed by atoms with Gasteiger partial charge in [0, 0.05) is 19.5 Å². The van der Waals surface area contributed by atoms with Gasteiger partial charge in [-0.15, -0.1) is 0 Å². The number of aliphatic imine (C=N–C) groups is 1. The number of hydrogen-bond donors (Lipinski definition) is 0. The van der Waals surface area contributed by atoms with Crippen molar-refractivity contribution in [2.45, 2.75) is 6.92 Å². The molecule has 2 rings (SSSR count). The van der Waals surface area contributed by atoms with Crippen LogP contribution >= 0.6 is 20.1 Å². The van der Waals surface area contributed by atoms with E-state index in [4.69, 9.17) is 0 Å². The first-order valence-corrected chi connectivity index (χ1v) is 4.58. The lowest BCUT2D eigenvalue weighted by Crippen LogP contribution is -2.09. The van der Waals surface area contributed by atoms with Gasteiger partial charge >= 0.3 is 0 Å². The van der Waals surface area contributed by atoms with Crippen molar-refractivity contribution in [3.05, 3.63) is 0 Å². The lowest BCUT2D eigenvalue weighted by molar-refractivity contribution is 0.744. The topological polar surface area (TPSA) is 15.6 Å². The fraction of sp³-hybridized carbons (Fsp3) is 0.600. The SMILES string of the molecule is CC1=PN2CCN=C2S1. The van der Waals surface area contributed by atoms with Crippen LogP contribution in [0.15, 0.2) is 4.99 Å². The summed E-state index contributed by atoms with van der Waals surface area (Å²) in [5.74, 6) is 0. The molecule has 0 atom stereocenters. The Bertz CT molecular complexity index is 199. The fourth-order valence-electron chi connectivity index (χ4n) is 0.918. The molecule has 0 radical (unpaired) electrons. The summed E-state index contributed by atoms with van der Waals surface area (Å²) in [5.41, 5.74) is 0. The predicted octanol–water partition coefficient (Wildman–Crippen LogP) is 1.42. The Morgan fingerprint density at radius 2 is 2.67 bits per heavy atom. The highest BCUT2D eigenvalue weighted by Gasteiger charge is 2.22. The van der Waals surface area contributed by atoms with Crippen LogP contribution in [-0.4, -0.2) is 27.6 Å². The predicted molar refractivity (Wildman–Crippen MR) is 44.2 cm³/mol. The smallest absolute Gasteiger partial charge is 0.171 e. The van der Waals surface area contributed by atoms with Crippen molar-refractivity contribution >= 4 is 29.9 Å². The van der Waals surface area contributed by atoms with Crippen LogP contribution in [0, 0.1) is 0 Å². The Hall–Kier alpha value is -0.0100. The summed E-state index contributed by atoms with van der Waals surface area (Å²) < 4.78 is 3.76. The average molecular weight is 158 g/mol. The van der Waals surface area contributed by atoms with Gasteiger partial charge in [0.2, 0.25) is 0 Å². The number of fused-ring (bicyclic) bond motifs is 1. The van der Waals surface area contributed by atoms with Gasteiger partial charge < -0.3 is 4.67 Å². The van der Waals surface area contributed by atoms with E-state index in [1.165, 1.54) is 18.1 Å². The van der Waals surface area contributed by atoms with Gasteiger partial charge in [-0.25, -0.2) is 0 Å². The molecule has 0 unspecified atom stereocenters. The maximum Gasteiger partial charge on any atom is 0.171 e. The lowest BCUT2D eigenvalue weighted by atomic mass is 10.7. The van der Waals surface area contributed by atoms with Gasteiger partial charge in [-0.1, -0.05) is 0 Å². The minimum atomic E-state index is 1.00. The number of nitrogens with zero attached hydrogens (tertiary/aromatic N) is 2. The summed E-state index contributed by atoms with van der Waals surface area (Å²) in [6.45, 7) is 4.29. The Morgan fingerprint density at radius 1 is 1.78 bits per heavy atom. The summed E-state index contributed by atoms with van der Waals surface area (Å²) >= 11 is 1.82. The van der Waals surface area contributed by atoms with Crippen molar-refractivity contribution in [3.8, 4) is 0 Å². The van der Waals surface area contributed by atoms with Crippen LogP contribution in [0.1, 0.15) is 6.92 Å². The molecular weight excluding hydrogens is 151 g/mol. The highest BCUT2D eigenvalue weighted by molar-refractivity contribution is 8.31. The molecular formula is C5H7N2PS. The Labute approximate surface area is 60.2 Å². The molecule has 2 aliphatic heterocycles. The van der Waals surface area contributed by atoms with Gasteiger partial charge in [0.1, 0.15) is 0 Å². The molecule has 0 saturated carbocycles. The average Bonchev–Trinajstić information content (AvgIpc) is 2.22. The van der Waals surface area contributed by atoms with Crippen molar-refractivity contribution < 1.29 is 0 Å². The molecule has 0 amide bonds. The summed E-state index contributed by atoms with van der Waals surface area (Å²) in [6, 6.07) is 0. The van der Waals surface area contributed by atoms with E-state index in [0.717, 1.165) is 13.1 Å². The molecule has 9 heavy (non-hydrogen) atoms.